The van der Waals surface area contributed by atoms with Gasteiger partial charge in [-0.3, -0.25) is 10.6 Å². The highest BCUT2D eigenvalue weighted by Gasteiger charge is 2.31. The lowest BCUT2D eigenvalue weighted by molar-refractivity contribution is -0.0443. The fourth-order valence-corrected chi connectivity index (χ4v) is 2.43. The summed E-state index contributed by atoms with van der Waals surface area (Å²) in [6.45, 7) is 4.92. The van der Waals surface area contributed by atoms with Gasteiger partial charge in [0.15, 0.2) is 0 Å². The zero-order chi connectivity index (χ0) is 14.7. The molecule has 0 aliphatic carbocycles. The molecule has 110 valence electrons. The minimum atomic E-state index is -0.535. The van der Waals surface area contributed by atoms with Crippen molar-refractivity contribution >= 4 is 11.6 Å². The van der Waals surface area contributed by atoms with E-state index >= 15 is 0 Å². The van der Waals surface area contributed by atoms with E-state index in [9.17, 15) is 9.18 Å². The molecule has 0 radical (unpaired) electrons. The van der Waals surface area contributed by atoms with Crippen LogP contribution in [-0.2, 0) is 4.74 Å². The first-order chi connectivity index (χ1) is 9.58. The molecular weight excluding hydrogens is 261 g/mol. The summed E-state index contributed by atoms with van der Waals surface area (Å²) in [6, 6.07) is 4.36. The fraction of sp³-hybridized carbons (Fsp3) is 0.500. The second-order valence-corrected chi connectivity index (χ2v) is 4.97. The Labute approximate surface area is 117 Å². The van der Waals surface area contributed by atoms with Gasteiger partial charge < -0.3 is 15.1 Å². The highest BCUT2D eigenvalue weighted by Crippen LogP contribution is 2.24. The molecule has 3 N–H and O–H groups in total. The van der Waals surface area contributed by atoms with Crippen molar-refractivity contribution in [1.29, 1.82) is 0 Å². The first kappa shape index (κ1) is 14.7. The number of nitrogens with zero attached hydrogens (tertiary/aromatic N) is 1. The Kier molecular flexibility index (Phi) is 4.57. The third kappa shape index (κ3) is 2.76. The van der Waals surface area contributed by atoms with Gasteiger partial charge in [-0.15, -0.1) is 0 Å². The van der Waals surface area contributed by atoms with Gasteiger partial charge in [0.2, 0.25) is 0 Å². The van der Waals surface area contributed by atoms with Gasteiger partial charge in [0.1, 0.15) is 5.82 Å². The largest absolute Gasteiger partial charge is 0.375 e. The standard InChI is InChI=1S/C14H20FN3O2/c1-3-10-8-20-9(2)7-18(10)14(19)11-5-4-6-12(15)13(11)17-16/h4-6,9-10,17H,3,7-8,16H2,1-2H3. The van der Waals surface area contributed by atoms with E-state index in [1.807, 2.05) is 13.8 Å². The van der Waals surface area contributed by atoms with Crippen molar-refractivity contribution in [3.63, 3.8) is 0 Å². The van der Waals surface area contributed by atoms with E-state index in [2.05, 4.69) is 5.43 Å². The molecule has 2 atom stereocenters. The van der Waals surface area contributed by atoms with E-state index in [4.69, 9.17) is 10.6 Å². The second kappa shape index (κ2) is 6.19. The SMILES string of the molecule is CCC1COC(C)CN1C(=O)c1cccc(F)c1NN. The molecular formula is C14H20FN3O2. The monoisotopic (exact) mass is 281 g/mol. The molecule has 1 aliphatic heterocycles. The number of carbonyl (C=O) groups is 1. The number of morpholine rings is 1. The van der Waals surface area contributed by atoms with Crippen LogP contribution < -0.4 is 11.3 Å². The molecule has 2 unspecified atom stereocenters. The van der Waals surface area contributed by atoms with Crippen LogP contribution in [0.3, 0.4) is 0 Å². The topological polar surface area (TPSA) is 67.6 Å². The number of ether oxygens (including phenoxy) is 1. The molecule has 0 aromatic heterocycles. The lowest BCUT2D eigenvalue weighted by Gasteiger charge is -2.38. The van der Waals surface area contributed by atoms with Crippen LogP contribution in [0.25, 0.3) is 0 Å². The van der Waals surface area contributed by atoms with Crippen LogP contribution in [0.5, 0.6) is 0 Å². The summed E-state index contributed by atoms with van der Waals surface area (Å²) in [5, 5.41) is 0. The number of benzene rings is 1. The molecule has 0 saturated carbocycles. The maximum absolute atomic E-state index is 13.7. The van der Waals surface area contributed by atoms with Gasteiger partial charge >= 0.3 is 0 Å². The van der Waals surface area contributed by atoms with Crippen molar-refractivity contribution in [2.24, 2.45) is 5.84 Å². The number of nitrogen functional groups attached to an aromatic ring is 1. The molecule has 2 rings (SSSR count). The maximum Gasteiger partial charge on any atom is 0.256 e. The number of para-hydroxylation sites is 1. The van der Waals surface area contributed by atoms with Crippen molar-refractivity contribution in [3.8, 4) is 0 Å². The minimum absolute atomic E-state index is 0.00703. The van der Waals surface area contributed by atoms with E-state index in [1.54, 1.807) is 11.0 Å². The Morgan fingerprint density at radius 2 is 2.35 bits per heavy atom. The van der Waals surface area contributed by atoms with E-state index in [0.29, 0.717) is 13.2 Å². The number of halogens is 1. The van der Waals surface area contributed by atoms with Crippen LogP contribution in [0.4, 0.5) is 10.1 Å². The Morgan fingerprint density at radius 1 is 1.60 bits per heavy atom. The third-order valence-electron chi connectivity index (χ3n) is 3.59. The summed E-state index contributed by atoms with van der Waals surface area (Å²) in [6.07, 6.45) is 0.767. The summed E-state index contributed by atoms with van der Waals surface area (Å²) < 4.78 is 19.3. The lowest BCUT2D eigenvalue weighted by Crippen LogP contribution is -2.51. The quantitative estimate of drug-likeness (QED) is 0.654. The molecule has 6 heteroatoms. The van der Waals surface area contributed by atoms with E-state index in [1.165, 1.54) is 12.1 Å². The van der Waals surface area contributed by atoms with Crippen molar-refractivity contribution in [3.05, 3.63) is 29.6 Å². The Bertz CT molecular complexity index is 495. The smallest absolute Gasteiger partial charge is 0.256 e. The zero-order valence-corrected chi connectivity index (χ0v) is 11.7. The summed E-state index contributed by atoms with van der Waals surface area (Å²) >= 11 is 0. The lowest BCUT2D eigenvalue weighted by atomic mass is 10.1. The molecule has 1 aliphatic rings. The predicted octanol–water partition coefficient (Wildman–Crippen LogP) is 1.75. The van der Waals surface area contributed by atoms with E-state index in [-0.39, 0.29) is 29.3 Å². The number of nitrogens with one attached hydrogen (secondary N) is 1. The van der Waals surface area contributed by atoms with Gasteiger partial charge in [-0.2, -0.15) is 0 Å². The number of nitrogens with two attached hydrogens (primary N) is 1. The molecule has 20 heavy (non-hydrogen) atoms. The normalized spacial score (nSPS) is 22.7. The number of rotatable bonds is 3. The molecule has 1 aromatic rings. The number of hydrogen-bond acceptors (Lipinski definition) is 4. The van der Waals surface area contributed by atoms with Gasteiger partial charge in [0.05, 0.1) is 30.0 Å². The second-order valence-electron chi connectivity index (χ2n) is 4.97. The summed E-state index contributed by atoms with van der Waals surface area (Å²) in [5.41, 5.74) is 2.56. The summed E-state index contributed by atoms with van der Waals surface area (Å²) in [5.74, 6) is 4.57. The number of amides is 1. The Balaban J connectivity index is 2.32. The number of hydrogen-bond donors (Lipinski definition) is 2. The van der Waals surface area contributed by atoms with Crippen molar-refractivity contribution in [2.75, 3.05) is 18.6 Å². The third-order valence-corrected chi connectivity index (χ3v) is 3.59. The highest BCUT2D eigenvalue weighted by atomic mass is 19.1. The van der Waals surface area contributed by atoms with E-state index < -0.39 is 5.82 Å². The van der Waals surface area contributed by atoms with Gasteiger partial charge in [-0.05, 0) is 25.5 Å². The first-order valence-corrected chi connectivity index (χ1v) is 6.76. The van der Waals surface area contributed by atoms with Crippen LogP contribution in [0.15, 0.2) is 18.2 Å². The highest BCUT2D eigenvalue weighted by molar-refractivity contribution is 5.99. The van der Waals surface area contributed by atoms with Crippen LogP contribution in [0, 0.1) is 5.82 Å². The Hall–Kier alpha value is -1.66. The van der Waals surface area contributed by atoms with Crippen LogP contribution in [0.2, 0.25) is 0 Å². The van der Waals surface area contributed by atoms with Gasteiger partial charge in [-0.25, -0.2) is 4.39 Å². The van der Waals surface area contributed by atoms with Crippen LogP contribution in [0.1, 0.15) is 30.6 Å². The molecule has 0 spiro atoms. The summed E-state index contributed by atoms with van der Waals surface area (Å²) in [4.78, 5) is 14.4. The molecule has 1 saturated heterocycles. The molecule has 1 aromatic carbocycles. The number of carbonyl (C=O) groups excluding carboxylic acids is 1. The van der Waals surface area contributed by atoms with Gasteiger partial charge in [-0.1, -0.05) is 13.0 Å². The fourth-order valence-electron chi connectivity index (χ4n) is 2.43. The average Bonchev–Trinajstić information content (AvgIpc) is 2.46. The minimum Gasteiger partial charge on any atom is -0.375 e. The van der Waals surface area contributed by atoms with E-state index in [0.717, 1.165) is 6.42 Å². The zero-order valence-electron chi connectivity index (χ0n) is 11.7. The van der Waals surface area contributed by atoms with Crippen molar-refractivity contribution in [1.82, 2.24) is 4.90 Å². The number of hydrazine groups is 1. The van der Waals surface area contributed by atoms with Crippen LogP contribution in [-0.4, -0.2) is 36.1 Å². The van der Waals surface area contributed by atoms with Gasteiger partial charge in [0.25, 0.3) is 5.91 Å². The van der Waals surface area contributed by atoms with Crippen molar-refractivity contribution < 1.29 is 13.9 Å². The molecule has 1 fully saturated rings. The average molecular weight is 281 g/mol. The van der Waals surface area contributed by atoms with Crippen LogP contribution >= 0.6 is 0 Å². The Morgan fingerprint density at radius 3 is 3.00 bits per heavy atom. The molecule has 0 bridgehead atoms. The molecule has 5 nitrogen and oxygen atoms in total. The first-order valence-electron chi connectivity index (χ1n) is 6.76. The maximum atomic E-state index is 13.7. The van der Waals surface area contributed by atoms with Crippen molar-refractivity contribution in [2.45, 2.75) is 32.4 Å². The number of anilines is 1. The predicted molar refractivity (Wildman–Crippen MR) is 74.7 cm³/mol. The summed E-state index contributed by atoms with van der Waals surface area (Å²) in [7, 11) is 0. The molecule has 1 amide bonds. The molecule has 1 heterocycles. The van der Waals surface area contributed by atoms with Gasteiger partial charge in [0, 0.05) is 6.54 Å².